The lowest BCUT2D eigenvalue weighted by Crippen LogP contribution is -2.11. The van der Waals surface area contributed by atoms with Gasteiger partial charge in [0, 0.05) is 13.1 Å². The maximum Gasteiger partial charge on any atom is 0.323 e. The van der Waals surface area contributed by atoms with Crippen molar-refractivity contribution < 1.29 is 4.74 Å². The molecular weight excluding hydrogens is 362 g/mol. The molecule has 0 radical (unpaired) electrons. The van der Waals surface area contributed by atoms with Crippen LogP contribution in [0.5, 0.6) is 6.01 Å². The first kappa shape index (κ1) is 25.4. The molecule has 0 unspecified atom stereocenters. The van der Waals surface area contributed by atoms with E-state index in [1.807, 2.05) is 13.8 Å². The van der Waals surface area contributed by atoms with E-state index in [9.17, 15) is 0 Å². The molecule has 168 valence electrons. The van der Waals surface area contributed by atoms with E-state index in [-0.39, 0.29) is 0 Å². The van der Waals surface area contributed by atoms with Gasteiger partial charge in [0.1, 0.15) is 0 Å². The van der Waals surface area contributed by atoms with Crippen LogP contribution in [0.25, 0.3) is 0 Å². The molecule has 29 heavy (non-hydrogen) atoms. The smallest absolute Gasteiger partial charge is 0.323 e. The molecule has 6 nitrogen and oxygen atoms in total. The summed E-state index contributed by atoms with van der Waals surface area (Å²) in [6.45, 7) is 8.53. The highest BCUT2D eigenvalue weighted by Gasteiger charge is 2.06. The van der Waals surface area contributed by atoms with Crippen molar-refractivity contribution in [3.63, 3.8) is 0 Å². The molecule has 0 aliphatic carbocycles. The molecule has 0 saturated carbocycles. The van der Waals surface area contributed by atoms with Crippen LogP contribution in [0.4, 0.5) is 11.9 Å². The Bertz CT molecular complexity index is 474. The first-order valence-electron chi connectivity index (χ1n) is 12.2. The molecule has 0 bridgehead atoms. The Balaban J connectivity index is 1.99. The van der Waals surface area contributed by atoms with Gasteiger partial charge in [-0.2, -0.15) is 15.0 Å². The molecule has 0 aromatic carbocycles. The van der Waals surface area contributed by atoms with Crippen molar-refractivity contribution in [1.82, 2.24) is 15.0 Å². The lowest BCUT2D eigenvalue weighted by atomic mass is 10.0. The summed E-state index contributed by atoms with van der Waals surface area (Å²) < 4.78 is 5.74. The molecule has 6 heteroatoms. The van der Waals surface area contributed by atoms with Gasteiger partial charge in [0.15, 0.2) is 0 Å². The van der Waals surface area contributed by atoms with E-state index in [1.54, 1.807) is 0 Å². The van der Waals surface area contributed by atoms with Crippen LogP contribution in [0.1, 0.15) is 111 Å². The van der Waals surface area contributed by atoms with E-state index in [2.05, 4.69) is 32.5 Å². The van der Waals surface area contributed by atoms with Gasteiger partial charge in [-0.25, -0.2) is 0 Å². The van der Waals surface area contributed by atoms with Crippen LogP contribution in [0.15, 0.2) is 0 Å². The average molecular weight is 408 g/mol. The van der Waals surface area contributed by atoms with Crippen molar-refractivity contribution in [3.05, 3.63) is 0 Å². The van der Waals surface area contributed by atoms with E-state index in [0.29, 0.717) is 24.5 Å². The van der Waals surface area contributed by atoms with E-state index in [4.69, 9.17) is 4.74 Å². The van der Waals surface area contributed by atoms with Crippen LogP contribution >= 0.6 is 0 Å². The highest BCUT2D eigenvalue weighted by molar-refractivity contribution is 5.35. The predicted molar refractivity (Wildman–Crippen MR) is 124 cm³/mol. The topological polar surface area (TPSA) is 72.0 Å². The lowest BCUT2D eigenvalue weighted by Gasteiger charge is -2.09. The fraction of sp³-hybridized carbons (Fsp3) is 0.870. The quantitative estimate of drug-likeness (QED) is 0.237. The van der Waals surface area contributed by atoms with Gasteiger partial charge in [0.05, 0.1) is 6.61 Å². The average Bonchev–Trinajstić information content (AvgIpc) is 2.71. The SMILES string of the molecule is CCCCCCCCCCCCCCCCOc1nc(NCC)nc(NCC)n1. The van der Waals surface area contributed by atoms with Crippen molar-refractivity contribution in [3.8, 4) is 6.01 Å². The maximum absolute atomic E-state index is 5.74. The van der Waals surface area contributed by atoms with Crippen molar-refractivity contribution in [2.24, 2.45) is 0 Å². The minimum absolute atomic E-state index is 0.404. The van der Waals surface area contributed by atoms with E-state index >= 15 is 0 Å². The van der Waals surface area contributed by atoms with Gasteiger partial charge in [-0.1, -0.05) is 90.4 Å². The van der Waals surface area contributed by atoms with E-state index in [0.717, 1.165) is 19.5 Å². The Labute approximate surface area is 179 Å². The molecule has 0 saturated heterocycles. The van der Waals surface area contributed by atoms with Gasteiger partial charge in [0.2, 0.25) is 11.9 Å². The molecule has 0 atom stereocenters. The zero-order valence-corrected chi connectivity index (χ0v) is 19.3. The van der Waals surface area contributed by atoms with Gasteiger partial charge >= 0.3 is 6.01 Å². The largest absolute Gasteiger partial charge is 0.463 e. The molecule has 0 aliphatic rings. The Morgan fingerprint density at radius 2 is 0.966 bits per heavy atom. The molecule has 1 rings (SSSR count). The van der Waals surface area contributed by atoms with Crippen LogP contribution in [0.2, 0.25) is 0 Å². The predicted octanol–water partition coefficient (Wildman–Crippen LogP) is 6.60. The third-order valence-corrected chi connectivity index (χ3v) is 5.01. The summed E-state index contributed by atoms with van der Waals surface area (Å²) in [5.41, 5.74) is 0. The lowest BCUT2D eigenvalue weighted by molar-refractivity contribution is 0.281. The first-order chi connectivity index (χ1) is 14.3. The summed E-state index contributed by atoms with van der Waals surface area (Å²) in [5.74, 6) is 1.13. The number of nitrogens with zero attached hydrogens (tertiary/aromatic N) is 3. The van der Waals surface area contributed by atoms with Gasteiger partial charge in [-0.15, -0.1) is 0 Å². The van der Waals surface area contributed by atoms with Crippen LogP contribution in [0.3, 0.4) is 0 Å². The second-order valence-corrected chi connectivity index (χ2v) is 7.77. The fourth-order valence-electron chi connectivity index (χ4n) is 3.36. The van der Waals surface area contributed by atoms with Gasteiger partial charge < -0.3 is 15.4 Å². The number of ether oxygens (including phenoxy) is 1. The number of hydrogen-bond acceptors (Lipinski definition) is 6. The number of aromatic nitrogens is 3. The minimum Gasteiger partial charge on any atom is -0.463 e. The number of unbranched alkanes of at least 4 members (excludes halogenated alkanes) is 13. The molecule has 0 fully saturated rings. The van der Waals surface area contributed by atoms with Crippen LogP contribution in [0, 0.1) is 0 Å². The van der Waals surface area contributed by atoms with Crippen molar-refractivity contribution >= 4 is 11.9 Å². The standard InChI is InChI=1S/C23H45N5O/c1-4-7-8-9-10-11-12-13-14-15-16-17-18-19-20-29-23-27-21(24-5-2)26-22(28-23)25-6-3/h4-20H2,1-3H3,(H2,24,25,26,27,28). The van der Waals surface area contributed by atoms with Crippen molar-refractivity contribution in [2.75, 3.05) is 30.3 Å². The summed E-state index contributed by atoms with van der Waals surface area (Å²) in [6, 6.07) is 0.404. The highest BCUT2D eigenvalue weighted by Crippen LogP contribution is 2.14. The third kappa shape index (κ3) is 14.1. The number of nitrogens with one attached hydrogen (secondary N) is 2. The van der Waals surface area contributed by atoms with Gasteiger partial charge in [0.25, 0.3) is 0 Å². The monoisotopic (exact) mass is 407 g/mol. The zero-order chi connectivity index (χ0) is 21.0. The molecular formula is C23H45N5O. The second kappa shape index (κ2) is 18.4. The molecule has 0 aliphatic heterocycles. The van der Waals surface area contributed by atoms with Crippen LogP contribution in [-0.4, -0.2) is 34.6 Å². The summed E-state index contributed by atoms with van der Waals surface area (Å²) in [7, 11) is 0. The zero-order valence-electron chi connectivity index (χ0n) is 19.3. The highest BCUT2D eigenvalue weighted by atomic mass is 16.5. The van der Waals surface area contributed by atoms with E-state index < -0.39 is 0 Å². The normalized spacial score (nSPS) is 10.9. The molecule has 1 aromatic rings. The summed E-state index contributed by atoms with van der Waals surface area (Å²) in [6.07, 6.45) is 19.0. The van der Waals surface area contributed by atoms with Gasteiger partial charge in [-0.3, -0.25) is 0 Å². The van der Waals surface area contributed by atoms with Crippen molar-refractivity contribution in [1.29, 1.82) is 0 Å². The molecule has 1 heterocycles. The van der Waals surface area contributed by atoms with E-state index in [1.165, 1.54) is 83.5 Å². The Morgan fingerprint density at radius 3 is 1.38 bits per heavy atom. The van der Waals surface area contributed by atoms with Crippen LogP contribution in [-0.2, 0) is 0 Å². The first-order valence-corrected chi connectivity index (χ1v) is 12.2. The number of hydrogen-bond donors (Lipinski definition) is 2. The molecule has 2 N–H and O–H groups in total. The number of anilines is 2. The summed E-state index contributed by atoms with van der Waals surface area (Å²) in [5, 5.41) is 6.24. The van der Waals surface area contributed by atoms with Gasteiger partial charge in [-0.05, 0) is 20.3 Å². The Morgan fingerprint density at radius 1 is 0.552 bits per heavy atom. The summed E-state index contributed by atoms with van der Waals surface area (Å²) >= 11 is 0. The second-order valence-electron chi connectivity index (χ2n) is 7.77. The third-order valence-electron chi connectivity index (χ3n) is 5.01. The number of rotatable bonds is 20. The Kier molecular flexibility index (Phi) is 16.2. The molecule has 0 amide bonds. The minimum atomic E-state index is 0.404. The molecule has 1 aromatic heterocycles. The maximum atomic E-state index is 5.74. The fourth-order valence-corrected chi connectivity index (χ4v) is 3.36. The van der Waals surface area contributed by atoms with Crippen LogP contribution < -0.4 is 15.4 Å². The Hall–Kier alpha value is -1.59. The molecule has 0 spiro atoms. The summed E-state index contributed by atoms with van der Waals surface area (Å²) in [4.78, 5) is 12.9. The van der Waals surface area contributed by atoms with Crippen molar-refractivity contribution in [2.45, 2.75) is 111 Å².